The van der Waals surface area contributed by atoms with E-state index in [-0.39, 0.29) is 5.91 Å². The van der Waals surface area contributed by atoms with E-state index in [1.807, 2.05) is 31.1 Å². The van der Waals surface area contributed by atoms with Crippen LogP contribution in [-0.2, 0) is 17.6 Å². The van der Waals surface area contributed by atoms with Gasteiger partial charge in [0.2, 0.25) is 5.91 Å². The van der Waals surface area contributed by atoms with Gasteiger partial charge in [-0.25, -0.2) is 0 Å². The summed E-state index contributed by atoms with van der Waals surface area (Å²) in [6.45, 7) is 5.44. The fourth-order valence-electron chi connectivity index (χ4n) is 3.26. The quantitative estimate of drug-likeness (QED) is 0.871. The SMILES string of the molecule is Cc1noc(C)c1CC(=O)N1CCC(Cc2ccncc2)CC1. The van der Waals surface area contributed by atoms with E-state index in [2.05, 4.69) is 22.3 Å². The number of carbonyl (C=O) groups excluding carboxylic acids is 1. The van der Waals surface area contributed by atoms with E-state index in [0.717, 1.165) is 49.4 Å². The molecule has 0 atom stereocenters. The third-order valence-electron chi connectivity index (χ3n) is 4.75. The first-order chi connectivity index (χ1) is 11.1. The molecular formula is C18H23N3O2. The first-order valence-electron chi connectivity index (χ1n) is 8.22. The second-order valence-corrected chi connectivity index (χ2v) is 6.36. The first-order valence-corrected chi connectivity index (χ1v) is 8.22. The van der Waals surface area contributed by atoms with E-state index in [4.69, 9.17) is 4.52 Å². The summed E-state index contributed by atoms with van der Waals surface area (Å²) >= 11 is 0. The minimum Gasteiger partial charge on any atom is -0.361 e. The fourth-order valence-corrected chi connectivity index (χ4v) is 3.26. The summed E-state index contributed by atoms with van der Waals surface area (Å²) in [5, 5.41) is 3.92. The van der Waals surface area contributed by atoms with Crippen LogP contribution in [0.2, 0.25) is 0 Å². The molecule has 0 radical (unpaired) electrons. The number of hydrogen-bond acceptors (Lipinski definition) is 4. The largest absolute Gasteiger partial charge is 0.361 e. The first kappa shape index (κ1) is 15.7. The zero-order valence-corrected chi connectivity index (χ0v) is 13.8. The smallest absolute Gasteiger partial charge is 0.227 e. The molecule has 3 rings (SSSR count). The summed E-state index contributed by atoms with van der Waals surface area (Å²) in [5.74, 6) is 1.59. The highest BCUT2D eigenvalue weighted by Gasteiger charge is 2.24. The van der Waals surface area contributed by atoms with Crippen LogP contribution in [0.3, 0.4) is 0 Å². The Labute approximate surface area is 136 Å². The number of aromatic nitrogens is 2. The molecule has 0 aromatic carbocycles. The van der Waals surface area contributed by atoms with Crippen LogP contribution in [0.4, 0.5) is 0 Å². The molecule has 5 heteroatoms. The van der Waals surface area contributed by atoms with Crippen LogP contribution < -0.4 is 0 Å². The van der Waals surface area contributed by atoms with Crippen molar-refractivity contribution in [3.63, 3.8) is 0 Å². The molecule has 0 spiro atoms. The molecule has 0 unspecified atom stereocenters. The van der Waals surface area contributed by atoms with Gasteiger partial charge in [0.05, 0.1) is 12.1 Å². The van der Waals surface area contributed by atoms with Gasteiger partial charge in [-0.1, -0.05) is 5.16 Å². The Kier molecular flexibility index (Phi) is 4.74. The molecule has 1 aliphatic heterocycles. The molecule has 2 aromatic rings. The van der Waals surface area contributed by atoms with Crippen LogP contribution in [0.1, 0.15) is 35.4 Å². The predicted molar refractivity (Wildman–Crippen MR) is 86.9 cm³/mol. The van der Waals surface area contributed by atoms with Crippen LogP contribution in [-0.4, -0.2) is 34.0 Å². The Morgan fingerprint density at radius 1 is 1.26 bits per heavy atom. The second kappa shape index (κ2) is 6.94. The van der Waals surface area contributed by atoms with Gasteiger partial charge in [-0.3, -0.25) is 9.78 Å². The van der Waals surface area contributed by atoms with E-state index in [9.17, 15) is 4.79 Å². The molecule has 0 bridgehead atoms. The van der Waals surface area contributed by atoms with Crippen LogP contribution in [0.5, 0.6) is 0 Å². The zero-order chi connectivity index (χ0) is 16.2. The summed E-state index contributed by atoms with van der Waals surface area (Å²) in [6, 6.07) is 4.16. The highest BCUT2D eigenvalue weighted by Crippen LogP contribution is 2.22. The maximum absolute atomic E-state index is 12.5. The molecular weight excluding hydrogens is 290 g/mol. The molecule has 1 amide bonds. The van der Waals surface area contributed by atoms with Crippen molar-refractivity contribution >= 4 is 5.91 Å². The molecule has 0 aliphatic carbocycles. The van der Waals surface area contributed by atoms with Crippen LogP contribution in [0.15, 0.2) is 29.0 Å². The van der Waals surface area contributed by atoms with Crippen LogP contribution >= 0.6 is 0 Å². The van der Waals surface area contributed by atoms with Crippen LogP contribution in [0, 0.1) is 19.8 Å². The number of rotatable bonds is 4. The van der Waals surface area contributed by atoms with E-state index in [1.165, 1.54) is 5.56 Å². The van der Waals surface area contributed by atoms with Crippen molar-refractivity contribution in [1.29, 1.82) is 0 Å². The molecule has 2 aromatic heterocycles. The Balaban J connectivity index is 1.51. The maximum Gasteiger partial charge on any atom is 0.227 e. The number of carbonyl (C=O) groups is 1. The molecule has 5 nitrogen and oxygen atoms in total. The monoisotopic (exact) mass is 313 g/mol. The van der Waals surface area contributed by atoms with Gasteiger partial charge in [0, 0.05) is 31.0 Å². The molecule has 1 saturated heterocycles. The number of amides is 1. The van der Waals surface area contributed by atoms with Gasteiger partial charge in [0.25, 0.3) is 0 Å². The lowest BCUT2D eigenvalue weighted by molar-refractivity contribution is -0.131. The number of nitrogens with zero attached hydrogens (tertiary/aromatic N) is 3. The predicted octanol–water partition coefficient (Wildman–Crippen LogP) is 2.71. The number of pyridine rings is 1. The van der Waals surface area contributed by atoms with Crippen molar-refractivity contribution in [3.05, 3.63) is 47.1 Å². The minimum absolute atomic E-state index is 0.182. The Morgan fingerprint density at radius 3 is 2.57 bits per heavy atom. The van der Waals surface area contributed by atoms with Crippen molar-refractivity contribution in [1.82, 2.24) is 15.0 Å². The van der Waals surface area contributed by atoms with E-state index in [0.29, 0.717) is 12.3 Å². The third kappa shape index (κ3) is 3.78. The Hall–Kier alpha value is -2.17. The molecule has 0 saturated carbocycles. The Bertz CT molecular complexity index is 639. The molecule has 23 heavy (non-hydrogen) atoms. The highest BCUT2D eigenvalue weighted by molar-refractivity contribution is 5.79. The topological polar surface area (TPSA) is 59.2 Å². The van der Waals surface area contributed by atoms with E-state index in [1.54, 1.807) is 0 Å². The lowest BCUT2D eigenvalue weighted by atomic mass is 9.90. The van der Waals surface area contributed by atoms with Crippen molar-refractivity contribution in [2.45, 2.75) is 39.5 Å². The van der Waals surface area contributed by atoms with E-state index >= 15 is 0 Å². The van der Waals surface area contributed by atoms with Gasteiger partial charge >= 0.3 is 0 Å². The number of piperidine rings is 1. The van der Waals surface area contributed by atoms with Gasteiger partial charge in [-0.15, -0.1) is 0 Å². The average Bonchev–Trinajstić information content (AvgIpc) is 2.88. The number of hydrogen-bond donors (Lipinski definition) is 0. The summed E-state index contributed by atoms with van der Waals surface area (Å²) in [4.78, 5) is 18.5. The number of aryl methyl sites for hydroxylation is 2. The maximum atomic E-state index is 12.5. The van der Waals surface area contributed by atoms with E-state index < -0.39 is 0 Å². The van der Waals surface area contributed by atoms with Gasteiger partial charge in [0.15, 0.2) is 0 Å². The van der Waals surface area contributed by atoms with Crippen LogP contribution in [0.25, 0.3) is 0 Å². The number of likely N-dealkylation sites (tertiary alicyclic amines) is 1. The summed E-state index contributed by atoms with van der Waals surface area (Å²) in [6.07, 6.45) is 7.30. The third-order valence-corrected chi connectivity index (χ3v) is 4.75. The Morgan fingerprint density at radius 2 is 1.96 bits per heavy atom. The van der Waals surface area contributed by atoms with Crippen molar-refractivity contribution < 1.29 is 9.32 Å². The lowest BCUT2D eigenvalue weighted by Gasteiger charge is -2.32. The van der Waals surface area contributed by atoms with Crippen molar-refractivity contribution in [2.24, 2.45) is 5.92 Å². The van der Waals surface area contributed by atoms with Gasteiger partial charge in [-0.05, 0) is 56.7 Å². The molecule has 3 heterocycles. The van der Waals surface area contributed by atoms with Gasteiger partial charge in [0.1, 0.15) is 5.76 Å². The molecule has 1 fully saturated rings. The zero-order valence-electron chi connectivity index (χ0n) is 13.8. The molecule has 0 N–H and O–H groups in total. The average molecular weight is 313 g/mol. The van der Waals surface area contributed by atoms with Gasteiger partial charge in [-0.2, -0.15) is 0 Å². The molecule has 122 valence electrons. The fraction of sp³-hybridized carbons (Fsp3) is 0.500. The summed E-state index contributed by atoms with van der Waals surface area (Å²) < 4.78 is 5.14. The van der Waals surface area contributed by atoms with Crippen molar-refractivity contribution in [3.8, 4) is 0 Å². The summed E-state index contributed by atoms with van der Waals surface area (Å²) in [5.41, 5.74) is 3.10. The lowest BCUT2D eigenvalue weighted by Crippen LogP contribution is -2.39. The molecule has 1 aliphatic rings. The second-order valence-electron chi connectivity index (χ2n) is 6.36. The minimum atomic E-state index is 0.182. The van der Waals surface area contributed by atoms with Gasteiger partial charge < -0.3 is 9.42 Å². The van der Waals surface area contributed by atoms with Crippen molar-refractivity contribution in [2.75, 3.05) is 13.1 Å². The highest BCUT2D eigenvalue weighted by atomic mass is 16.5. The summed E-state index contributed by atoms with van der Waals surface area (Å²) in [7, 11) is 0. The normalized spacial score (nSPS) is 15.8. The standard InChI is InChI=1S/C18H23N3O2/c1-13-17(14(2)23-20-13)12-18(22)21-9-5-16(6-10-21)11-15-3-7-19-8-4-15/h3-4,7-8,16H,5-6,9-12H2,1-2H3.